The number of hydrogen-bond acceptors (Lipinski definition) is 5. The molecule has 0 aliphatic heterocycles. The lowest BCUT2D eigenvalue weighted by molar-refractivity contribution is 0.412. The topological polar surface area (TPSA) is 66.0 Å². The number of aryl methyl sites for hydroxylation is 1. The molecular weight excluding hydrogens is 328 g/mol. The van der Waals surface area contributed by atoms with E-state index in [1.165, 1.54) is 0 Å². The van der Waals surface area contributed by atoms with Gasteiger partial charge in [0, 0.05) is 11.8 Å². The highest BCUT2D eigenvalue weighted by Gasteiger charge is 2.13. The summed E-state index contributed by atoms with van der Waals surface area (Å²) >= 11 is 0. The fourth-order valence-corrected chi connectivity index (χ4v) is 2.79. The van der Waals surface area contributed by atoms with Crippen molar-refractivity contribution in [3.05, 3.63) is 78.2 Å². The highest BCUT2D eigenvalue weighted by atomic mass is 16.5. The van der Waals surface area contributed by atoms with Gasteiger partial charge in [-0.15, -0.1) is 10.2 Å². The van der Waals surface area contributed by atoms with E-state index in [1.807, 2.05) is 66.2 Å². The number of imidazole rings is 1. The van der Waals surface area contributed by atoms with Crippen LogP contribution in [0.5, 0.6) is 5.75 Å². The number of ether oxygens (including phenoxy) is 1. The zero-order valence-electron chi connectivity index (χ0n) is 14.6. The summed E-state index contributed by atoms with van der Waals surface area (Å²) in [5.41, 5.74) is 3.79. The summed E-state index contributed by atoms with van der Waals surface area (Å²) < 4.78 is 13.3. The highest BCUT2D eigenvalue weighted by Crippen LogP contribution is 2.29. The fourth-order valence-electron chi connectivity index (χ4n) is 2.79. The quantitative estimate of drug-likeness (QED) is 0.549. The summed E-state index contributed by atoms with van der Waals surface area (Å²) in [6, 6.07) is 15.8. The molecule has 0 amide bonds. The Balaban J connectivity index is 1.62. The Kier molecular flexibility index (Phi) is 4.23. The van der Waals surface area contributed by atoms with Gasteiger partial charge in [-0.3, -0.25) is 0 Å². The largest absolute Gasteiger partial charge is 0.495 e. The Morgan fingerprint density at radius 3 is 2.65 bits per heavy atom. The van der Waals surface area contributed by atoms with Crippen LogP contribution in [0.15, 0.2) is 65.5 Å². The zero-order chi connectivity index (χ0) is 17.9. The van der Waals surface area contributed by atoms with Gasteiger partial charge in [-0.2, -0.15) is 0 Å². The molecule has 4 aromatic rings. The molecule has 0 radical (unpaired) electrons. The first-order valence-electron chi connectivity index (χ1n) is 8.28. The second-order valence-corrected chi connectivity index (χ2v) is 5.97. The lowest BCUT2D eigenvalue weighted by Gasteiger charge is -2.09. The molecule has 2 aromatic heterocycles. The average molecular weight is 346 g/mol. The van der Waals surface area contributed by atoms with Crippen LogP contribution in [0.25, 0.3) is 17.1 Å². The van der Waals surface area contributed by atoms with Gasteiger partial charge in [-0.05, 0) is 30.7 Å². The third-order valence-electron chi connectivity index (χ3n) is 4.08. The van der Waals surface area contributed by atoms with Crippen LogP contribution >= 0.6 is 0 Å². The molecule has 0 saturated heterocycles. The Morgan fingerprint density at radius 2 is 1.92 bits per heavy atom. The number of methoxy groups -OCH3 is 1. The van der Waals surface area contributed by atoms with Crippen molar-refractivity contribution in [2.45, 2.75) is 13.3 Å². The SMILES string of the molecule is COc1cc(-c2nnc(Cc3ccccc3)o2)ccc1-n1cnc(C)c1. The molecule has 2 aromatic carbocycles. The maximum Gasteiger partial charge on any atom is 0.247 e. The molecule has 0 bridgehead atoms. The summed E-state index contributed by atoms with van der Waals surface area (Å²) in [7, 11) is 1.64. The van der Waals surface area contributed by atoms with Gasteiger partial charge in [0.05, 0.1) is 31.2 Å². The van der Waals surface area contributed by atoms with Crippen molar-refractivity contribution in [2.75, 3.05) is 7.11 Å². The predicted molar refractivity (Wildman–Crippen MR) is 97.4 cm³/mol. The lowest BCUT2D eigenvalue weighted by atomic mass is 10.1. The van der Waals surface area contributed by atoms with E-state index < -0.39 is 0 Å². The summed E-state index contributed by atoms with van der Waals surface area (Å²) in [6.45, 7) is 1.95. The summed E-state index contributed by atoms with van der Waals surface area (Å²) in [4.78, 5) is 4.26. The second kappa shape index (κ2) is 6.84. The summed E-state index contributed by atoms with van der Waals surface area (Å²) in [6.07, 6.45) is 4.32. The van der Waals surface area contributed by atoms with Crippen molar-refractivity contribution in [2.24, 2.45) is 0 Å². The van der Waals surface area contributed by atoms with Crippen LogP contribution in [0.1, 0.15) is 17.1 Å². The molecule has 0 fully saturated rings. The number of rotatable bonds is 5. The minimum atomic E-state index is 0.475. The van der Waals surface area contributed by atoms with Crippen LogP contribution in [-0.4, -0.2) is 26.9 Å². The standard InChI is InChI=1S/C20H18N4O2/c1-14-12-24(13-21-14)17-9-8-16(11-18(17)25-2)20-23-22-19(26-20)10-15-6-4-3-5-7-15/h3-9,11-13H,10H2,1-2H3. The Bertz CT molecular complexity index is 1020. The van der Waals surface area contributed by atoms with Crippen LogP contribution in [0.2, 0.25) is 0 Å². The fraction of sp³-hybridized carbons (Fsp3) is 0.150. The second-order valence-electron chi connectivity index (χ2n) is 5.97. The van der Waals surface area contributed by atoms with Gasteiger partial charge in [0.1, 0.15) is 5.75 Å². The maximum atomic E-state index is 5.83. The molecule has 0 aliphatic carbocycles. The van der Waals surface area contributed by atoms with Crippen LogP contribution in [-0.2, 0) is 6.42 Å². The lowest BCUT2D eigenvalue weighted by Crippen LogP contribution is -1.96. The van der Waals surface area contributed by atoms with E-state index in [2.05, 4.69) is 15.2 Å². The van der Waals surface area contributed by atoms with Gasteiger partial charge in [0.25, 0.3) is 0 Å². The monoisotopic (exact) mass is 346 g/mol. The van der Waals surface area contributed by atoms with Gasteiger partial charge in [-0.25, -0.2) is 4.98 Å². The zero-order valence-corrected chi connectivity index (χ0v) is 14.6. The first-order chi connectivity index (χ1) is 12.7. The van der Waals surface area contributed by atoms with E-state index in [0.29, 0.717) is 24.0 Å². The van der Waals surface area contributed by atoms with Crippen LogP contribution in [0.4, 0.5) is 0 Å². The molecule has 6 heteroatoms. The van der Waals surface area contributed by atoms with Gasteiger partial charge in [0.15, 0.2) is 0 Å². The molecule has 0 atom stereocenters. The van der Waals surface area contributed by atoms with Crippen molar-refractivity contribution in [3.63, 3.8) is 0 Å². The Morgan fingerprint density at radius 1 is 1.08 bits per heavy atom. The molecule has 4 rings (SSSR count). The molecule has 0 aliphatic rings. The van der Waals surface area contributed by atoms with E-state index in [1.54, 1.807) is 13.4 Å². The number of aromatic nitrogens is 4. The highest BCUT2D eigenvalue weighted by molar-refractivity contribution is 5.61. The molecule has 0 N–H and O–H groups in total. The minimum Gasteiger partial charge on any atom is -0.495 e. The average Bonchev–Trinajstić information content (AvgIpc) is 3.31. The molecule has 0 spiro atoms. The number of hydrogen-bond donors (Lipinski definition) is 0. The van der Waals surface area contributed by atoms with Gasteiger partial charge in [-0.1, -0.05) is 30.3 Å². The van der Waals surface area contributed by atoms with E-state index >= 15 is 0 Å². The molecule has 0 unspecified atom stereocenters. The van der Waals surface area contributed by atoms with Crippen LogP contribution < -0.4 is 4.74 Å². The van der Waals surface area contributed by atoms with Crippen molar-refractivity contribution in [3.8, 4) is 22.9 Å². The van der Waals surface area contributed by atoms with E-state index in [9.17, 15) is 0 Å². The van der Waals surface area contributed by atoms with Crippen LogP contribution in [0, 0.1) is 6.92 Å². The first kappa shape index (κ1) is 16.1. The summed E-state index contributed by atoms with van der Waals surface area (Å²) in [5.74, 6) is 1.77. The smallest absolute Gasteiger partial charge is 0.247 e. The van der Waals surface area contributed by atoms with Crippen molar-refractivity contribution in [1.29, 1.82) is 0 Å². The van der Waals surface area contributed by atoms with Crippen molar-refractivity contribution < 1.29 is 9.15 Å². The normalized spacial score (nSPS) is 10.8. The van der Waals surface area contributed by atoms with Gasteiger partial charge < -0.3 is 13.7 Å². The summed E-state index contributed by atoms with van der Waals surface area (Å²) in [5, 5.41) is 8.33. The maximum absolute atomic E-state index is 5.83. The third kappa shape index (κ3) is 3.21. The minimum absolute atomic E-state index is 0.475. The van der Waals surface area contributed by atoms with E-state index in [-0.39, 0.29) is 0 Å². The van der Waals surface area contributed by atoms with Crippen molar-refractivity contribution >= 4 is 0 Å². The molecule has 6 nitrogen and oxygen atoms in total. The van der Waals surface area contributed by atoms with Gasteiger partial charge >= 0.3 is 0 Å². The number of benzene rings is 2. The number of nitrogens with zero attached hydrogens (tertiary/aromatic N) is 4. The molecular formula is C20H18N4O2. The van der Waals surface area contributed by atoms with E-state index in [0.717, 1.165) is 22.5 Å². The molecule has 26 heavy (non-hydrogen) atoms. The molecule has 0 saturated carbocycles. The van der Waals surface area contributed by atoms with Crippen LogP contribution in [0.3, 0.4) is 0 Å². The Labute approximate surface area is 151 Å². The molecule has 2 heterocycles. The predicted octanol–water partition coefficient (Wildman–Crippen LogP) is 3.83. The molecule has 130 valence electrons. The Hall–Kier alpha value is -3.41. The van der Waals surface area contributed by atoms with Gasteiger partial charge in [0.2, 0.25) is 11.8 Å². The third-order valence-corrected chi connectivity index (χ3v) is 4.08. The first-order valence-corrected chi connectivity index (χ1v) is 8.28. The van der Waals surface area contributed by atoms with Crippen molar-refractivity contribution in [1.82, 2.24) is 19.7 Å². The van der Waals surface area contributed by atoms with E-state index in [4.69, 9.17) is 9.15 Å².